The van der Waals surface area contributed by atoms with Crippen molar-refractivity contribution in [3.8, 4) is 0 Å². The van der Waals surface area contributed by atoms with Crippen LogP contribution in [-0.4, -0.2) is 119 Å². The number of rotatable bonds is 6. The number of alkyl halides is 1. The van der Waals surface area contributed by atoms with E-state index in [1.807, 2.05) is 32.8 Å². The fourth-order valence-electron chi connectivity index (χ4n) is 8.39. The average molecular weight is 741 g/mol. The van der Waals surface area contributed by atoms with Gasteiger partial charge in [0.1, 0.15) is 18.3 Å². The van der Waals surface area contributed by atoms with Crippen LogP contribution in [0.15, 0.2) is 4.99 Å². The fourth-order valence-corrected chi connectivity index (χ4v) is 8.39. The van der Waals surface area contributed by atoms with Crippen LogP contribution in [0, 0.1) is 23.7 Å². The van der Waals surface area contributed by atoms with Gasteiger partial charge in [0.2, 0.25) is 5.91 Å². The smallest absolute Gasteiger partial charge is 0.351 e. The number of nitrogens with zero attached hydrogens (tertiary/aromatic N) is 2. The summed E-state index contributed by atoms with van der Waals surface area (Å²) in [4.78, 5) is 73.3. The molecule has 14 heteroatoms. The van der Waals surface area contributed by atoms with E-state index in [1.54, 1.807) is 27.7 Å². The second kappa shape index (κ2) is 17.2. The first-order valence-corrected chi connectivity index (χ1v) is 18.6. The molecule has 0 aromatic heterocycles. The van der Waals surface area contributed by atoms with E-state index in [9.17, 15) is 29.1 Å². The normalized spacial score (nSPS) is 42.2. The van der Waals surface area contributed by atoms with Crippen LogP contribution in [0.1, 0.15) is 108 Å². The van der Waals surface area contributed by atoms with Gasteiger partial charge in [0, 0.05) is 37.3 Å². The van der Waals surface area contributed by atoms with E-state index in [-0.39, 0.29) is 43.9 Å². The third-order valence-corrected chi connectivity index (χ3v) is 11.3. The van der Waals surface area contributed by atoms with Crippen LogP contribution >= 0.6 is 0 Å². The van der Waals surface area contributed by atoms with Crippen molar-refractivity contribution < 1.29 is 57.2 Å². The lowest BCUT2D eigenvalue weighted by atomic mass is 9.68. The molecular formula is C38H61FN2O11. The summed E-state index contributed by atoms with van der Waals surface area (Å²) >= 11 is 0. The van der Waals surface area contributed by atoms with Crippen LogP contribution in [0.3, 0.4) is 0 Å². The molecule has 3 heterocycles. The Labute approximate surface area is 307 Å². The molecule has 0 aromatic carbocycles. The molecule has 0 spiro atoms. The number of carbonyl (C=O) groups excluding carboxylic acids is 5. The summed E-state index contributed by atoms with van der Waals surface area (Å²) in [5.74, 6) is -7.39. The van der Waals surface area contributed by atoms with Crippen molar-refractivity contribution in [2.45, 2.75) is 161 Å². The first kappa shape index (κ1) is 43.8. The molecule has 0 unspecified atom stereocenters. The highest BCUT2D eigenvalue weighted by Gasteiger charge is 2.56. The van der Waals surface area contributed by atoms with Gasteiger partial charge in [-0.3, -0.25) is 19.2 Å². The van der Waals surface area contributed by atoms with Crippen LogP contribution in [-0.2, 0) is 47.7 Å². The lowest BCUT2D eigenvalue weighted by Gasteiger charge is -2.48. The number of amides is 1. The predicted molar refractivity (Wildman–Crippen MR) is 189 cm³/mol. The van der Waals surface area contributed by atoms with Crippen molar-refractivity contribution in [1.29, 1.82) is 0 Å². The molecule has 0 saturated carbocycles. The van der Waals surface area contributed by atoms with Gasteiger partial charge in [0.15, 0.2) is 24.0 Å². The van der Waals surface area contributed by atoms with Crippen LogP contribution in [0.2, 0.25) is 0 Å². The molecular weight excluding hydrogens is 679 g/mol. The number of hydrogen-bond acceptors (Lipinski definition) is 12. The number of Topliss-reactive ketones (excluding diaryl/α,β-unsaturated/α-hetero) is 2. The predicted octanol–water partition coefficient (Wildman–Crippen LogP) is 4.18. The lowest BCUT2D eigenvalue weighted by Crippen LogP contribution is -2.61. The molecule has 296 valence electrons. The number of hydrogen-bond donors (Lipinski definition) is 1. The SMILES string of the molecule is CCC(=O)/N=C1\[C@H](C)C[C@@]2(C)OCC(=O)CC[C@H]([C@H]1C)[C@](C)(O)[C@@H](CC)OC(=O)[C@@](C)(F)C(=O)[C@H](C)[C@H]2O[C@@H]1O[C@H](C)C[C@H](N(C)C)[C@H]1OC(C)=O. The second-order valence-electron chi connectivity index (χ2n) is 15.9. The highest BCUT2D eigenvalue weighted by molar-refractivity contribution is 6.08. The number of fused-ring (bicyclic) bond motifs is 5. The molecule has 2 bridgehead atoms. The second-order valence-corrected chi connectivity index (χ2v) is 15.9. The van der Waals surface area contributed by atoms with Gasteiger partial charge in [-0.1, -0.05) is 34.6 Å². The van der Waals surface area contributed by atoms with Gasteiger partial charge in [-0.2, -0.15) is 0 Å². The molecule has 1 N–H and O–H groups in total. The highest BCUT2D eigenvalue weighted by Crippen LogP contribution is 2.43. The molecule has 3 aliphatic heterocycles. The van der Waals surface area contributed by atoms with Crippen molar-refractivity contribution >= 4 is 35.1 Å². The number of halogens is 1. The zero-order valence-corrected chi connectivity index (χ0v) is 33.0. The van der Waals surface area contributed by atoms with E-state index in [2.05, 4.69) is 4.99 Å². The third kappa shape index (κ3) is 9.52. The Kier molecular flexibility index (Phi) is 14.5. The van der Waals surface area contributed by atoms with Crippen LogP contribution in [0.4, 0.5) is 4.39 Å². The molecule has 13 atom stereocenters. The number of likely N-dealkylation sites (N-methyl/N-ethyl adjacent to an activating group) is 1. The van der Waals surface area contributed by atoms with Crippen LogP contribution < -0.4 is 0 Å². The molecule has 3 saturated heterocycles. The van der Waals surface area contributed by atoms with Gasteiger partial charge in [0.05, 0.1) is 23.9 Å². The Morgan fingerprint density at radius 3 is 2.25 bits per heavy atom. The van der Waals surface area contributed by atoms with Crippen molar-refractivity contribution in [3.05, 3.63) is 0 Å². The van der Waals surface area contributed by atoms with Gasteiger partial charge in [0.25, 0.3) is 5.67 Å². The minimum absolute atomic E-state index is 0.0138. The van der Waals surface area contributed by atoms with Gasteiger partial charge in [-0.25, -0.2) is 14.2 Å². The minimum atomic E-state index is -3.19. The van der Waals surface area contributed by atoms with E-state index in [0.29, 0.717) is 12.1 Å². The maximum atomic E-state index is 16.7. The van der Waals surface area contributed by atoms with Gasteiger partial charge >= 0.3 is 11.9 Å². The quantitative estimate of drug-likeness (QED) is 0.305. The van der Waals surface area contributed by atoms with Crippen LogP contribution in [0.5, 0.6) is 0 Å². The molecule has 0 radical (unpaired) electrons. The van der Waals surface area contributed by atoms with Crippen molar-refractivity contribution in [3.63, 3.8) is 0 Å². The fraction of sp³-hybridized carbons (Fsp3) is 0.842. The summed E-state index contributed by atoms with van der Waals surface area (Å²) in [5.41, 5.74) is -6.18. The summed E-state index contributed by atoms with van der Waals surface area (Å²) in [6, 6.07) is -0.374. The number of aliphatic hydroxyl groups is 1. The largest absolute Gasteiger partial charge is 0.457 e. The van der Waals surface area contributed by atoms with E-state index in [1.165, 1.54) is 20.8 Å². The van der Waals surface area contributed by atoms with E-state index >= 15 is 4.39 Å². The number of ether oxygens (including phenoxy) is 5. The van der Waals surface area contributed by atoms with E-state index in [0.717, 1.165) is 6.92 Å². The van der Waals surface area contributed by atoms with Crippen molar-refractivity contribution in [2.75, 3.05) is 20.7 Å². The number of aliphatic imine (C=N–C) groups is 1. The van der Waals surface area contributed by atoms with Crippen LogP contribution in [0.25, 0.3) is 0 Å². The molecule has 0 aliphatic carbocycles. The Hall–Kier alpha value is -2.65. The Balaban J connectivity index is 2.37. The number of esters is 2. The topological polar surface area (TPSA) is 167 Å². The molecule has 3 fully saturated rings. The van der Waals surface area contributed by atoms with Gasteiger partial charge < -0.3 is 33.7 Å². The first-order valence-electron chi connectivity index (χ1n) is 18.6. The molecule has 1 amide bonds. The van der Waals surface area contributed by atoms with Gasteiger partial charge in [-0.05, 0) is 79.3 Å². The molecule has 0 aromatic rings. The molecule has 52 heavy (non-hydrogen) atoms. The summed E-state index contributed by atoms with van der Waals surface area (Å²) in [6.45, 7) is 15.0. The third-order valence-electron chi connectivity index (χ3n) is 11.3. The maximum absolute atomic E-state index is 16.7. The molecule has 3 aliphatic rings. The lowest BCUT2D eigenvalue weighted by molar-refractivity contribution is -0.299. The standard InChI is InChI=1S/C38H61FN2O11/c1-13-28-38(10,47)26-16-15-25(43)19-48-36(8,18-20(3)30(22(26)5)40-29(44)14-2)33(23(6)32(45)37(9,39)35(46)51-28)52-34-31(50-24(7)42)27(41(11)12)17-21(4)49-34/h20-23,26-28,31,33-34,47H,13-19H2,1-12H3/b40-30+/t20-,21-,22-,23+,26-,27+,28-,31-,33-,34+,36-,37+,38+/m1/s1. The molecule has 3 rings (SSSR count). The Bertz CT molecular complexity index is 1370. The average Bonchev–Trinajstić information content (AvgIpc) is 3.07. The van der Waals surface area contributed by atoms with Crippen molar-refractivity contribution in [1.82, 2.24) is 4.90 Å². The highest BCUT2D eigenvalue weighted by atomic mass is 19.1. The molecule has 13 nitrogen and oxygen atoms in total. The zero-order chi connectivity index (χ0) is 39.5. The van der Waals surface area contributed by atoms with E-state index in [4.69, 9.17) is 23.7 Å². The number of ketones is 2. The Morgan fingerprint density at radius 1 is 1.06 bits per heavy atom. The summed E-state index contributed by atoms with van der Waals surface area (Å²) in [5, 5.41) is 12.2. The van der Waals surface area contributed by atoms with Gasteiger partial charge in [-0.15, -0.1) is 0 Å². The number of cyclic esters (lactones) is 1. The van der Waals surface area contributed by atoms with Crippen molar-refractivity contribution in [2.24, 2.45) is 28.7 Å². The summed E-state index contributed by atoms with van der Waals surface area (Å²) < 4.78 is 47.6. The summed E-state index contributed by atoms with van der Waals surface area (Å²) in [6.07, 6.45) is -4.63. The Morgan fingerprint density at radius 2 is 1.69 bits per heavy atom. The maximum Gasteiger partial charge on any atom is 0.351 e. The van der Waals surface area contributed by atoms with E-state index < -0.39 is 101 Å². The summed E-state index contributed by atoms with van der Waals surface area (Å²) in [7, 11) is 3.64. The number of carbonyl (C=O) groups is 5. The minimum Gasteiger partial charge on any atom is -0.457 e. The monoisotopic (exact) mass is 740 g/mol. The zero-order valence-electron chi connectivity index (χ0n) is 33.0. The first-order chi connectivity index (χ1) is 24.0.